The molecule has 0 spiro atoms. The molecular formula is C27H28N6O3S. The molecule has 1 amide bonds. The van der Waals surface area contributed by atoms with E-state index in [0.29, 0.717) is 11.6 Å². The number of piperazine rings is 1. The molecule has 1 saturated heterocycles. The highest BCUT2D eigenvalue weighted by Crippen LogP contribution is 2.30. The molecular weight excluding hydrogens is 488 g/mol. The van der Waals surface area contributed by atoms with Gasteiger partial charge in [-0.15, -0.1) is 0 Å². The van der Waals surface area contributed by atoms with Crippen LogP contribution in [0.5, 0.6) is 0 Å². The third kappa shape index (κ3) is 5.34. The number of anilines is 4. The molecule has 3 aromatic carbocycles. The van der Waals surface area contributed by atoms with E-state index in [0.717, 1.165) is 59.6 Å². The number of carbonyl (C=O) groups excluding carboxylic acids is 1. The Morgan fingerprint density at radius 2 is 1.70 bits per heavy atom. The van der Waals surface area contributed by atoms with Crippen LogP contribution in [0.25, 0.3) is 22.0 Å². The van der Waals surface area contributed by atoms with Gasteiger partial charge in [0.1, 0.15) is 0 Å². The summed E-state index contributed by atoms with van der Waals surface area (Å²) in [6, 6.07) is 21.4. The lowest BCUT2D eigenvalue weighted by Gasteiger charge is -2.35. The highest BCUT2D eigenvalue weighted by atomic mass is 32.2. The number of aromatic nitrogens is 2. The third-order valence-electron chi connectivity index (χ3n) is 6.60. The van der Waals surface area contributed by atoms with E-state index in [1.165, 1.54) is 11.4 Å². The average molecular weight is 517 g/mol. The van der Waals surface area contributed by atoms with Gasteiger partial charge in [0.25, 0.3) is 0 Å². The van der Waals surface area contributed by atoms with Crippen molar-refractivity contribution in [3.8, 4) is 11.1 Å². The van der Waals surface area contributed by atoms with E-state index < -0.39 is 10.9 Å². The van der Waals surface area contributed by atoms with Gasteiger partial charge < -0.3 is 15.1 Å². The molecule has 10 heteroatoms. The molecule has 2 heterocycles. The lowest BCUT2D eigenvalue weighted by molar-refractivity contribution is -0.129. The standard InChI is InChI=1S/C27H28N6O3S/c1-19(34)32-13-15-33(16-14-32)24-7-4-6-22(17-24)29-27-28-18-21-5-3-8-25(26(21)30-27)20-9-11-23(12-10-20)31(2)37(35)36/h3-12,17-18,37H,13-16H2,1-2H3,(H,28,29,30). The molecule has 1 aliphatic heterocycles. The SMILES string of the molecule is CC(=O)N1CCN(c2cccc(Nc3ncc4cccc(-c5ccc(N(C)[SH](=O)=O)cc5)c4n3)c2)CC1. The first-order chi connectivity index (χ1) is 17.9. The Balaban J connectivity index is 1.39. The molecule has 1 aliphatic rings. The van der Waals surface area contributed by atoms with Crippen LogP contribution in [0, 0.1) is 0 Å². The Hall–Kier alpha value is -4.18. The number of thiol groups is 1. The summed E-state index contributed by atoms with van der Waals surface area (Å²) in [6.07, 6.45) is 1.79. The average Bonchev–Trinajstić information content (AvgIpc) is 2.92. The van der Waals surface area contributed by atoms with Crippen molar-refractivity contribution in [1.29, 1.82) is 0 Å². The Morgan fingerprint density at radius 3 is 2.41 bits per heavy atom. The molecule has 1 N–H and O–H groups in total. The van der Waals surface area contributed by atoms with Gasteiger partial charge in [0.15, 0.2) is 0 Å². The van der Waals surface area contributed by atoms with E-state index in [1.807, 2.05) is 47.4 Å². The summed E-state index contributed by atoms with van der Waals surface area (Å²) in [7, 11) is -1.17. The monoisotopic (exact) mass is 516 g/mol. The molecule has 9 nitrogen and oxygen atoms in total. The second kappa shape index (κ2) is 10.4. The van der Waals surface area contributed by atoms with Crippen LogP contribution in [-0.2, 0) is 15.7 Å². The maximum atomic E-state index is 11.6. The zero-order valence-corrected chi connectivity index (χ0v) is 21.6. The first-order valence-electron chi connectivity index (χ1n) is 12.0. The molecule has 0 unspecified atom stereocenters. The summed E-state index contributed by atoms with van der Waals surface area (Å²) in [4.78, 5) is 25.1. The van der Waals surface area contributed by atoms with Crippen LogP contribution in [0.1, 0.15) is 6.92 Å². The van der Waals surface area contributed by atoms with Crippen LogP contribution in [0.2, 0.25) is 0 Å². The molecule has 0 bridgehead atoms. The summed E-state index contributed by atoms with van der Waals surface area (Å²) in [5.41, 5.74) is 5.22. The number of rotatable bonds is 6. The number of hydrogen-bond acceptors (Lipinski definition) is 7. The fourth-order valence-electron chi connectivity index (χ4n) is 4.49. The van der Waals surface area contributed by atoms with Crippen molar-refractivity contribution in [3.63, 3.8) is 0 Å². The first kappa shape index (κ1) is 24.5. The molecule has 4 aromatic rings. The van der Waals surface area contributed by atoms with Crippen molar-refractivity contribution >= 4 is 50.7 Å². The van der Waals surface area contributed by atoms with Gasteiger partial charge in [-0.3, -0.25) is 9.10 Å². The number of nitrogens with zero attached hydrogens (tertiary/aromatic N) is 5. The lowest BCUT2D eigenvalue weighted by atomic mass is 10.0. The maximum absolute atomic E-state index is 11.6. The predicted molar refractivity (Wildman–Crippen MR) is 148 cm³/mol. The maximum Gasteiger partial charge on any atom is 0.227 e. The number of para-hydroxylation sites is 1. The van der Waals surface area contributed by atoms with E-state index in [9.17, 15) is 13.2 Å². The minimum Gasteiger partial charge on any atom is -0.368 e. The van der Waals surface area contributed by atoms with E-state index in [2.05, 4.69) is 27.3 Å². The van der Waals surface area contributed by atoms with Crippen molar-refractivity contribution in [3.05, 3.63) is 72.9 Å². The molecule has 0 aliphatic carbocycles. The summed E-state index contributed by atoms with van der Waals surface area (Å²) < 4.78 is 23.8. The van der Waals surface area contributed by atoms with Gasteiger partial charge in [0.05, 0.1) is 11.2 Å². The van der Waals surface area contributed by atoms with Gasteiger partial charge in [-0.05, 0) is 35.9 Å². The van der Waals surface area contributed by atoms with Gasteiger partial charge in [-0.25, -0.2) is 18.4 Å². The zero-order chi connectivity index (χ0) is 25.9. The zero-order valence-electron chi connectivity index (χ0n) is 20.7. The largest absolute Gasteiger partial charge is 0.368 e. The molecule has 190 valence electrons. The van der Waals surface area contributed by atoms with Crippen molar-refractivity contribution in [2.45, 2.75) is 6.92 Å². The number of nitrogens with one attached hydrogen (secondary N) is 1. The summed E-state index contributed by atoms with van der Waals surface area (Å²) >= 11 is 0. The highest BCUT2D eigenvalue weighted by molar-refractivity contribution is 7.74. The smallest absolute Gasteiger partial charge is 0.227 e. The van der Waals surface area contributed by atoms with Crippen LogP contribution in [0.15, 0.2) is 72.9 Å². The number of amides is 1. The molecule has 0 saturated carbocycles. The lowest BCUT2D eigenvalue weighted by Crippen LogP contribution is -2.48. The summed E-state index contributed by atoms with van der Waals surface area (Å²) in [5.74, 6) is 0.601. The van der Waals surface area contributed by atoms with Crippen LogP contribution < -0.4 is 14.5 Å². The number of carbonyl (C=O) groups is 1. The fourth-order valence-corrected chi connectivity index (χ4v) is 4.81. The molecule has 37 heavy (non-hydrogen) atoms. The Kier molecular flexibility index (Phi) is 6.91. The van der Waals surface area contributed by atoms with Crippen LogP contribution in [-0.4, -0.2) is 62.4 Å². The quantitative estimate of drug-likeness (QED) is 0.377. The van der Waals surface area contributed by atoms with Gasteiger partial charge in [0.2, 0.25) is 22.7 Å². The van der Waals surface area contributed by atoms with Crippen molar-refractivity contribution in [2.75, 3.05) is 47.7 Å². The summed E-state index contributed by atoms with van der Waals surface area (Å²) in [5, 5.41) is 4.24. The molecule has 0 radical (unpaired) electrons. The van der Waals surface area contributed by atoms with Gasteiger partial charge in [-0.1, -0.05) is 36.4 Å². The van der Waals surface area contributed by atoms with Gasteiger partial charge in [-0.2, -0.15) is 0 Å². The first-order valence-corrected chi connectivity index (χ1v) is 13.1. The minimum absolute atomic E-state index is 0.116. The van der Waals surface area contributed by atoms with Crippen molar-refractivity contribution in [2.24, 2.45) is 0 Å². The van der Waals surface area contributed by atoms with E-state index in [-0.39, 0.29) is 5.91 Å². The van der Waals surface area contributed by atoms with E-state index in [1.54, 1.807) is 25.3 Å². The van der Waals surface area contributed by atoms with Gasteiger partial charge >= 0.3 is 0 Å². The van der Waals surface area contributed by atoms with Crippen LogP contribution >= 0.6 is 0 Å². The highest BCUT2D eigenvalue weighted by Gasteiger charge is 2.19. The molecule has 5 rings (SSSR count). The van der Waals surface area contributed by atoms with Crippen LogP contribution in [0.4, 0.5) is 23.0 Å². The molecule has 1 aromatic heterocycles. The van der Waals surface area contributed by atoms with E-state index in [4.69, 9.17) is 4.98 Å². The van der Waals surface area contributed by atoms with Gasteiger partial charge in [0, 0.05) is 68.7 Å². The van der Waals surface area contributed by atoms with Crippen molar-refractivity contribution < 1.29 is 13.2 Å². The second-order valence-electron chi connectivity index (χ2n) is 8.91. The predicted octanol–water partition coefficient (Wildman–Crippen LogP) is 3.67. The normalized spacial score (nSPS) is 13.7. The Labute approximate surface area is 217 Å². The third-order valence-corrected chi connectivity index (χ3v) is 7.32. The number of fused-ring (bicyclic) bond motifs is 1. The van der Waals surface area contributed by atoms with E-state index >= 15 is 0 Å². The number of hydrogen-bond donors (Lipinski definition) is 2. The van der Waals surface area contributed by atoms with Crippen molar-refractivity contribution in [1.82, 2.24) is 14.9 Å². The number of benzene rings is 3. The Morgan fingerprint density at radius 1 is 0.973 bits per heavy atom. The summed E-state index contributed by atoms with van der Waals surface area (Å²) in [6.45, 7) is 4.63. The topological polar surface area (TPSA) is 98.7 Å². The molecule has 1 fully saturated rings. The van der Waals surface area contributed by atoms with Crippen LogP contribution in [0.3, 0.4) is 0 Å². The Bertz CT molecular complexity index is 1510. The minimum atomic E-state index is -2.68. The fraction of sp³-hybridized carbons (Fsp3) is 0.222. The second-order valence-corrected chi connectivity index (χ2v) is 9.99. The molecule has 0 atom stereocenters.